The van der Waals surface area contributed by atoms with E-state index in [4.69, 9.17) is 4.74 Å². The van der Waals surface area contributed by atoms with Gasteiger partial charge in [0.05, 0.1) is 26.4 Å². The summed E-state index contributed by atoms with van der Waals surface area (Å²) in [6.07, 6.45) is 12.4. The summed E-state index contributed by atoms with van der Waals surface area (Å²) < 4.78 is 5.49. The molecule has 0 aromatic carbocycles. The van der Waals surface area contributed by atoms with E-state index in [-0.39, 0.29) is 38.0 Å². The molecule has 0 radical (unpaired) electrons. The Kier molecular flexibility index (Phi) is 16.1. The highest BCUT2D eigenvalue weighted by Crippen LogP contribution is 2.41. The maximum atomic E-state index is 9.24. The van der Waals surface area contributed by atoms with Crippen LogP contribution in [0.25, 0.3) is 0 Å². The summed E-state index contributed by atoms with van der Waals surface area (Å²) >= 11 is 0. The quantitative estimate of drug-likeness (QED) is 0.246. The molecule has 0 aromatic rings. The topological polar surface area (TPSA) is 69.1 Å². The maximum absolute atomic E-state index is 9.24. The van der Waals surface area contributed by atoms with Crippen LogP contribution in [0.5, 0.6) is 0 Å². The van der Waals surface area contributed by atoms with Gasteiger partial charge in [-0.15, -0.1) is 0 Å². The largest absolute Gasteiger partial charge is 1.00 e. The predicted octanol–water partition coefficient (Wildman–Crippen LogP) is -5.14. The molecule has 6 aliphatic rings. The molecule has 5 atom stereocenters. The molecule has 248 valence electrons. The second kappa shape index (κ2) is 18.4. The SMILES string of the molecule is CN(CCO)C1C(N2CCCCC2)C1N1CCCCC1.CN(CCO)C1C(N2CCCCC2)C1N1CCOCC1.[Cl-].[Cl-]. The molecular weight excluding hydrogens is 575 g/mol. The highest BCUT2D eigenvalue weighted by Gasteiger charge is 2.59. The van der Waals surface area contributed by atoms with Crippen molar-refractivity contribution in [1.29, 1.82) is 0 Å². The standard InChI is InChI=1S/C16H31N3O.C15H29N3O2.2ClH/c1-17(12-13-20)14-15(18-8-4-2-5-9-18)16(14)19-10-6-3-7-11-19;1-16(7-10-19)13-14(17-5-3-2-4-6-17)15(13)18-8-11-20-12-9-18;;/h14-16,20H,2-13H2,1H3;13-15,19H,2-12H2,1H3;2*1H/p-2. The minimum Gasteiger partial charge on any atom is -1.00 e. The molecular formula is C31H60Cl2N6O3-2. The van der Waals surface area contributed by atoms with Crippen molar-refractivity contribution in [3.8, 4) is 0 Å². The molecule has 2 aliphatic carbocycles. The van der Waals surface area contributed by atoms with Crippen molar-refractivity contribution >= 4 is 0 Å². The molecule has 6 rings (SSSR count). The van der Waals surface area contributed by atoms with Crippen LogP contribution < -0.4 is 24.8 Å². The molecule has 2 saturated carbocycles. The number of piperidine rings is 3. The molecule has 9 nitrogen and oxygen atoms in total. The fourth-order valence-corrected chi connectivity index (χ4v) is 8.44. The van der Waals surface area contributed by atoms with Crippen LogP contribution in [0, 0.1) is 0 Å². The van der Waals surface area contributed by atoms with E-state index in [1.807, 2.05) is 0 Å². The van der Waals surface area contributed by atoms with Gasteiger partial charge in [0, 0.05) is 62.4 Å². The number of halogens is 2. The Hall–Kier alpha value is 0.220. The Bertz CT molecular complexity index is 627. The Morgan fingerprint density at radius 1 is 0.500 bits per heavy atom. The van der Waals surface area contributed by atoms with E-state index in [0.29, 0.717) is 24.2 Å². The number of aliphatic hydroxyl groups is 2. The van der Waals surface area contributed by atoms with Gasteiger partial charge in [0.2, 0.25) is 0 Å². The van der Waals surface area contributed by atoms with Gasteiger partial charge < -0.3 is 39.8 Å². The van der Waals surface area contributed by atoms with Crippen LogP contribution in [0.4, 0.5) is 0 Å². The molecule has 11 heteroatoms. The van der Waals surface area contributed by atoms with Crippen LogP contribution >= 0.6 is 0 Å². The summed E-state index contributed by atoms with van der Waals surface area (Å²) in [5.74, 6) is 0. The van der Waals surface area contributed by atoms with Crippen LogP contribution in [-0.2, 0) is 4.74 Å². The van der Waals surface area contributed by atoms with E-state index in [9.17, 15) is 10.2 Å². The summed E-state index contributed by atoms with van der Waals surface area (Å²) in [7, 11) is 4.36. The molecule has 0 amide bonds. The second-order valence-electron chi connectivity index (χ2n) is 13.3. The first kappa shape index (κ1) is 36.7. The van der Waals surface area contributed by atoms with Gasteiger partial charge in [0.15, 0.2) is 0 Å². The Morgan fingerprint density at radius 2 is 0.786 bits per heavy atom. The molecule has 0 spiro atoms. The highest BCUT2D eigenvalue weighted by molar-refractivity contribution is 5.18. The van der Waals surface area contributed by atoms with Crippen molar-refractivity contribution in [3.05, 3.63) is 0 Å². The first-order valence-corrected chi connectivity index (χ1v) is 16.8. The van der Waals surface area contributed by atoms with Crippen LogP contribution in [0.15, 0.2) is 0 Å². The summed E-state index contributed by atoms with van der Waals surface area (Å²) in [6, 6.07) is 4.02. The molecule has 5 unspecified atom stereocenters. The number of likely N-dealkylation sites (N-methyl/N-ethyl adjacent to an activating group) is 2. The van der Waals surface area contributed by atoms with Crippen LogP contribution in [0.1, 0.15) is 57.8 Å². The van der Waals surface area contributed by atoms with E-state index in [0.717, 1.165) is 51.5 Å². The fraction of sp³-hybridized carbons (Fsp3) is 1.00. The lowest BCUT2D eigenvalue weighted by molar-refractivity contribution is -0.001000. The lowest BCUT2D eigenvalue weighted by Crippen LogP contribution is -3.00. The maximum Gasteiger partial charge on any atom is 0.0594 e. The number of hydrogen-bond donors (Lipinski definition) is 2. The molecule has 4 heterocycles. The van der Waals surface area contributed by atoms with E-state index in [1.54, 1.807) is 0 Å². The first-order chi connectivity index (χ1) is 19.7. The van der Waals surface area contributed by atoms with E-state index in [2.05, 4.69) is 43.5 Å². The van der Waals surface area contributed by atoms with Gasteiger partial charge in [-0.25, -0.2) is 0 Å². The summed E-state index contributed by atoms with van der Waals surface area (Å²) in [6.45, 7) is 13.7. The van der Waals surface area contributed by atoms with Crippen LogP contribution in [0.3, 0.4) is 0 Å². The zero-order chi connectivity index (χ0) is 27.9. The lowest BCUT2D eigenvalue weighted by Gasteiger charge is -2.30. The van der Waals surface area contributed by atoms with Crippen LogP contribution in [0.2, 0.25) is 0 Å². The van der Waals surface area contributed by atoms with Gasteiger partial charge in [0.25, 0.3) is 0 Å². The van der Waals surface area contributed by atoms with Gasteiger partial charge in [-0.1, -0.05) is 19.3 Å². The summed E-state index contributed by atoms with van der Waals surface area (Å²) in [5.41, 5.74) is 0. The smallest absolute Gasteiger partial charge is 0.0594 e. The minimum atomic E-state index is 0. The average Bonchev–Trinajstić information content (AvgIpc) is 3.93. The predicted molar refractivity (Wildman–Crippen MR) is 161 cm³/mol. The van der Waals surface area contributed by atoms with Gasteiger partial charge in [-0.3, -0.25) is 29.4 Å². The third-order valence-corrected chi connectivity index (χ3v) is 10.6. The van der Waals surface area contributed by atoms with Crippen molar-refractivity contribution in [2.45, 2.75) is 94.0 Å². The van der Waals surface area contributed by atoms with E-state index >= 15 is 0 Å². The van der Waals surface area contributed by atoms with E-state index in [1.165, 1.54) is 97.1 Å². The first-order valence-electron chi connectivity index (χ1n) is 16.8. The van der Waals surface area contributed by atoms with Gasteiger partial charge in [-0.2, -0.15) is 0 Å². The Balaban J connectivity index is 0.000000220. The van der Waals surface area contributed by atoms with Gasteiger partial charge >= 0.3 is 0 Å². The Morgan fingerprint density at radius 3 is 1.07 bits per heavy atom. The number of aliphatic hydroxyl groups excluding tert-OH is 2. The third kappa shape index (κ3) is 9.15. The summed E-state index contributed by atoms with van der Waals surface area (Å²) in [5, 5.41) is 18.5. The fourth-order valence-electron chi connectivity index (χ4n) is 8.44. The summed E-state index contributed by atoms with van der Waals surface area (Å²) in [4.78, 5) is 15.5. The number of likely N-dealkylation sites (tertiary alicyclic amines) is 3. The van der Waals surface area contributed by atoms with Crippen molar-refractivity contribution in [1.82, 2.24) is 29.4 Å². The Labute approximate surface area is 268 Å². The van der Waals surface area contributed by atoms with Crippen molar-refractivity contribution in [2.75, 3.05) is 106 Å². The number of nitrogens with zero attached hydrogens (tertiary/aromatic N) is 6. The number of morpholine rings is 1. The number of hydrogen-bond acceptors (Lipinski definition) is 9. The molecule has 42 heavy (non-hydrogen) atoms. The van der Waals surface area contributed by atoms with E-state index < -0.39 is 0 Å². The van der Waals surface area contributed by atoms with Crippen molar-refractivity contribution < 1.29 is 39.8 Å². The molecule has 4 aliphatic heterocycles. The monoisotopic (exact) mass is 634 g/mol. The third-order valence-electron chi connectivity index (χ3n) is 10.6. The normalized spacial score (nSPS) is 34.7. The zero-order valence-corrected chi connectivity index (χ0v) is 28.0. The number of rotatable bonds is 10. The molecule has 2 N–H and O–H groups in total. The minimum absolute atomic E-state index is 0. The number of ether oxygens (including phenoxy) is 1. The second-order valence-corrected chi connectivity index (χ2v) is 13.3. The lowest BCUT2D eigenvalue weighted by atomic mass is 10.1. The van der Waals surface area contributed by atoms with Gasteiger partial charge in [0.1, 0.15) is 0 Å². The molecule has 6 fully saturated rings. The highest BCUT2D eigenvalue weighted by atomic mass is 35.5. The molecule has 0 aromatic heterocycles. The molecule has 4 saturated heterocycles. The van der Waals surface area contributed by atoms with Gasteiger partial charge in [-0.05, 0) is 91.9 Å². The zero-order valence-electron chi connectivity index (χ0n) is 26.5. The van der Waals surface area contributed by atoms with Crippen molar-refractivity contribution in [2.24, 2.45) is 0 Å². The van der Waals surface area contributed by atoms with Crippen LogP contribution in [-0.4, -0.2) is 182 Å². The molecule has 0 bridgehead atoms. The van der Waals surface area contributed by atoms with Crippen molar-refractivity contribution in [3.63, 3.8) is 0 Å². The average molecular weight is 636 g/mol.